The molecule has 1 atom stereocenters. The molecule has 0 saturated heterocycles. The number of para-hydroxylation sites is 2. The van der Waals surface area contributed by atoms with E-state index in [1.807, 2.05) is 24.3 Å². The van der Waals surface area contributed by atoms with Crippen molar-refractivity contribution in [1.82, 2.24) is 4.98 Å². The van der Waals surface area contributed by atoms with Crippen LogP contribution in [0.1, 0.15) is 11.0 Å². The molecule has 0 spiro atoms. The lowest BCUT2D eigenvalue weighted by molar-refractivity contribution is -0.673. The summed E-state index contributed by atoms with van der Waals surface area (Å²) in [6.45, 7) is 0. The van der Waals surface area contributed by atoms with Gasteiger partial charge in [0.1, 0.15) is 11.0 Å². The second kappa shape index (κ2) is 4.32. The molecule has 5 nitrogen and oxygen atoms in total. The zero-order valence-corrected chi connectivity index (χ0v) is 12.7. The Morgan fingerprint density at radius 2 is 2.10 bits per heavy atom. The van der Waals surface area contributed by atoms with Crippen LogP contribution >= 0.6 is 27.3 Å². The van der Waals surface area contributed by atoms with Gasteiger partial charge in [0.05, 0.1) is 8.66 Å². The summed E-state index contributed by atoms with van der Waals surface area (Å²) >= 11 is 5.16. The van der Waals surface area contributed by atoms with Crippen LogP contribution < -0.4 is 15.6 Å². The van der Waals surface area contributed by atoms with Gasteiger partial charge in [-0.1, -0.05) is 12.1 Å². The zero-order valence-electron chi connectivity index (χ0n) is 10.3. The van der Waals surface area contributed by atoms with E-state index in [9.17, 15) is 0 Å². The third-order valence-corrected chi connectivity index (χ3v) is 4.92. The van der Waals surface area contributed by atoms with Crippen LogP contribution in [-0.2, 0) is 0 Å². The van der Waals surface area contributed by atoms with E-state index < -0.39 is 0 Å². The smallest absolute Gasteiger partial charge is 0.357 e. The third kappa shape index (κ3) is 1.74. The number of nitrogens with one attached hydrogen (secondary N) is 2. The largest absolute Gasteiger partial charge is 0.365 e. The Bertz CT molecular complexity index is 834. The van der Waals surface area contributed by atoms with Crippen molar-refractivity contribution in [2.24, 2.45) is 10.7 Å². The summed E-state index contributed by atoms with van der Waals surface area (Å²) < 4.78 is 3.21. The van der Waals surface area contributed by atoms with E-state index in [0.717, 1.165) is 25.6 Å². The van der Waals surface area contributed by atoms with Crippen LogP contribution in [0, 0.1) is 0 Å². The zero-order chi connectivity index (χ0) is 13.7. The number of imidazole rings is 1. The van der Waals surface area contributed by atoms with E-state index in [2.05, 4.69) is 47.9 Å². The second-order valence-electron chi connectivity index (χ2n) is 4.52. The standard InChI is InChI=1S/C13H10BrN5S/c14-10-6-5-9(20-10)11-17-12(15)18-13-16-7-3-1-2-4-8(7)19(11)13/h1-6,11H,(H3,15,16,17,18)/p+1/t11-/m0/s1. The van der Waals surface area contributed by atoms with Gasteiger partial charge in [-0.3, -0.25) is 0 Å². The van der Waals surface area contributed by atoms with Gasteiger partial charge in [-0.05, 0) is 40.2 Å². The molecule has 1 aliphatic heterocycles. The molecule has 0 bridgehead atoms. The van der Waals surface area contributed by atoms with Gasteiger partial charge in [0.25, 0.3) is 5.96 Å². The first kappa shape index (κ1) is 11.9. The third-order valence-electron chi connectivity index (χ3n) is 3.26. The Morgan fingerprint density at radius 3 is 2.90 bits per heavy atom. The summed E-state index contributed by atoms with van der Waals surface area (Å²) in [5.41, 5.74) is 8.06. The van der Waals surface area contributed by atoms with Gasteiger partial charge >= 0.3 is 5.95 Å². The van der Waals surface area contributed by atoms with E-state index in [1.165, 1.54) is 0 Å². The average Bonchev–Trinajstić information content (AvgIpc) is 3.00. The number of aromatic amines is 1. The molecule has 1 aromatic carbocycles. The lowest BCUT2D eigenvalue weighted by Gasteiger charge is -2.16. The van der Waals surface area contributed by atoms with Crippen LogP contribution in [0.3, 0.4) is 0 Å². The summed E-state index contributed by atoms with van der Waals surface area (Å²) in [5, 5.41) is 3.08. The Hall–Kier alpha value is -1.86. The molecule has 100 valence electrons. The molecule has 0 radical (unpaired) electrons. The van der Waals surface area contributed by atoms with Gasteiger partial charge < -0.3 is 5.73 Å². The average molecular weight is 349 g/mol. The molecule has 0 saturated carbocycles. The van der Waals surface area contributed by atoms with E-state index >= 15 is 0 Å². The lowest BCUT2D eigenvalue weighted by atomic mass is 10.3. The number of H-pyrrole nitrogens is 1. The van der Waals surface area contributed by atoms with Gasteiger partial charge in [0.15, 0.2) is 0 Å². The SMILES string of the molecule is NC1=N[C@H](c2ccc(Br)s2)[n+]2c([nH]c3ccccc32)N1. The highest BCUT2D eigenvalue weighted by Crippen LogP contribution is 2.31. The van der Waals surface area contributed by atoms with Crippen LogP contribution in [-0.4, -0.2) is 10.9 Å². The summed E-state index contributed by atoms with van der Waals surface area (Å²) in [6.07, 6.45) is -0.140. The maximum absolute atomic E-state index is 5.90. The van der Waals surface area contributed by atoms with Crippen LogP contribution in [0.2, 0.25) is 0 Å². The van der Waals surface area contributed by atoms with Crippen LogP contribution in [0.5, 0.6) is 0 Å². The van der Waals surface area contributed by atoms with Gasteiger partial charge in [-0.15, -0.1) is 11.3 Å². The van der Waals surface area contributed by atoms with Crippen LogP contribution in [0.4, 0.5) is 5.95 Å². The number of halogens is 1. The minimum atomic E-state index is -0.140. The Labute approximate surface area is 127 Å². The number of nitrogens with two attached hydrogens (primary N) is 1. The first-order valence-corrected chi connectivity index (χ1v) is 7.71. The topological polar surface area (TPSA) is 70.1 Å². The fraction of sp³-hybridized carbons (Fsp3) is 0.0769. The first-order valence-electron chi connectivity index (χ1n) is 6.10. The van der Waals surface area contributed by atoms with Gasteiger partial charge in [0.2, 0.25) is 6.17 Å². The van der Waals surface area contributed by atoms with Crippen molar-refractivity contribution in [1.29, 1.82) is 0 Å². The monoisotopic (exact) mass is 348 g/mol. The number of aromatic nitrogens is 2. The summed E-state index contributed by atoms with van der Waals surface area (Å²) in [4.78, 5) is 9.02. The summed E-state index contributed by atoms with van der Waals surface area (Å²) in [7, 11) is 0. The number of hydrogen-bond donors (Lipinski definition) is 3. The highest BCUT2D eigenvalue weighted by atomic mass is 79.9. The molecule has 2 aromatic heterocycles. The van der Waals surface area contributed by atoms with Crippen molar-refractivity contribution in [3.63, 3.8) is 0 Å². The number of rotatable bonds is 1. The van der Waals surface area contributed by atoms with Gasteiger partial charge in [-0.2, -0.15) is 9.56 Å². The molecular formula is C13H11BrN5S+. The number of hydrogen-bond acceptors (Lipinski definition) is 4. The van der Waals surface area contributed by atoms with Crippen molar-refractivity contribution in [2.45, 2.75) is 6.17 Å². The molecule has 4 N–H and O–H groups in total. The van der Waals surface area contributed by atoms with Crippen molar-refractivity contribution >= 4 is 50.2 Å². The number of guanidine groups is 1. The van der Waals surface area contributed by atoms with Gasteiger partial charge in [-0.25, -0.2) is 10.3 Å². The van der Waals surface area contributed by atoms with Crippen LogP contribution in [0.25, 0.3) is 11.0 Å². The van der Waals surface area contributed by atoms with E-state index in [4.69, 9.17) is 5.73 Å². The molecule has 1 aliphatic rings. The molecule has 0 fully saturated rings. The Balaban J connectivity index is 1.98. The van der Waals surface area contributed by atoms with E-state index in [0.29, 0.717) is 5.96 Å². The van der Waals surface area contributed by atoms with E-state index in [1.54, 1.807) is 11.3 Å². The van der Waals surface area contributed by atoms with Gasteiger partial charge in [0, 0.05) is 0 Å². The molecule has 4 rings (SSSR count). The minimum Gasteiger partial charge on any atom is -0.357 e. The number of anilines is 1. The van der Waals surface area contributed by atoms with Crippen molar-refractivity contribution in [2.75, 3.05) is 5.32 Å². The second-order valence-corrected chi connectivity index (χ2v) is 7.01. The van der Waals surface area contributed by atoms with Crippen molar-refractivity contribution in [3.8, 4) is 0 Å². The number of thiophene rings is 1. The van der Waals surface area contributed by atoms with Crippen LogP contribution in [0.15, 0.2) is 45.2 Å². The lowest BCUT2D eigenvalue weighted by Crippen LogP contribution is -2.47. The Kier molecular flexibility index (Phi) is 2.58. The molecule has 20 heavy (non-hydrogen) atoms. The predicted octanol–water partition coefficient (Wildman–Crippen LogP) is 2.57. The minimum absolute atomic E-state index is 0.140. The quantitative estimate of drug-likeness (QED) is 0.591. The first-order chi connectivity index (χ1) is 9.72. The van der Waals surface area contributed by atoms with Crippen molar-refractivity contribution in [3.05, 3.63) is 45.1 Å². The van der Waals surface area contributed by atoms with E-state index in [-0.39, 0.29) is 6.17 Å². The maximum Gasteiger partial charge on any atom is 0.365 e. The number of aliphatic imine (C=N–C) groups is 1. The van der Waals surface area contributed by atoms with Crippen molar-refractivity contribution < 1.29 is 4.57 Å². The number of benzene rings is 1. The molecule has 3 aromatic rings. The summed E-state index contributed by atoms with van der Waals surface area (Å²) in [5.74, 6) is 1.28. The predicted molar refractivity (Wildman–Crippen MR) is 83.9 cm³/mol. The highest BCUT2D eigenvalue weighted by molar-refractivity contribution is 9.11. The molecule has 0 unspecified atom stereocenters. The molecular weight excluding hydrogens is 338 g/mol. The normalized spacial score (nSPS) is 17.6. The highest BCUT2D eigenvalue weighted by Gasteiger charge is 2.31. The molecule has 3 heterocycles. The molecule has 7 heteroatoms. The Morgan fingerprint density at radius 1 is 1.25 bits per heavy atom. The number of nitrogens with zero attached hydrogens (tertiary/aromatic N) is 2. The molecule has 0 aliphatic carbocycles. The number of fused-ring (bicyclic) bond motifs is 3. The molecule has 0 amide bonds. The summed E-state index contributed by atoms with van der Waals surface area (Å²) in [6, 6.07) is 12.2. The fourth-order valence-electron chi connectivity index (χ4n) is 2.44. The maximum atomic E-state index is 5.90. The fourth-order valence-corrected chi connectivity index (χ4v) is 3.90.